The lowest BCUT2D eigenvalue weighted by molar-refractivity contribution is 0.112. The van der Waals surface area contributed by atoms with Gasteiger partial charge in [-0.15, -0.1) is 0 Å². The van der Waals surface area contributed by atoms with E-state index in [-0.39, 0.29) is 12.3 Å². The minimum absolute atomic E-state index is 0.251. The van der Waals surface area contributed by atoms with Crippen molar-refractivity contribution in [2.24, 2.45) is 0 Å². The van der Waals surface area contributed by atoms with Crippen molar-refractivity contribution < 1.29 is 9.84 Å². The Balaban J connectivity index is 2.10. The van der Waals surface area contributed by atoms with Crippen LogP contribution < -0.4 is 0 Å². The predicted molar refractivity (Wildman–Crippen MR) is 34.1 cm³/mol. The van der Waals surface area contributed by atoms with Crippen molar-refractivity contribution in [3.8, 4) is 0 Å². The second kappa shape index (κ2) is 2.64. The van der Waals surface area contributed by atoms with Gasteiger partial charge in [-0.3, -0.25) is 4.90 Å². The minimum Gasteiger partial charge on any atom is -0.392 e. The van der Waals surface area contributed by atoms with Crippen molar-refractivity contribution in [1.29, 1.82) is 0 Å². The van der Waals surface area contributed by atoms with Crippen LogP contribution in [0, 0.1) is 0 Å². The number of likely N-dealkylation sites (N-methyl/N-ethyl adjacent to an activating group) is 1. The summed E-state index contributed by atoms with van der Waals surface area (Å²) in [5, 5.41) is 8.90. The lowest BCUT2D eigenvalue weighted by Crippen LogP contribution is -2.29. The van der Waals surface area contributed by atoms with Gasteiger partial charge < -0.3 is 9.84 Å². The Morgan fingerprint density at radius 1 is 1.89 bits per heavy atom. The van der Waals surface area contributed by atoms with Gasteiger partial charge in [0.2, 0.25) is 0 Å². The smallest absolute Gasteiger partial charge is 0.134 e. The van der Waals surface area contributed by atoms with Gasteiger partial charge in [0.05, 0.1) is 12.7 Å². The third kappa shape index (κ3) is 2.30. The topological polar surface area (TPSA) is 36.0 Å². The predicted octanol–water partition coefficient (Wildman–Crippen LogP) is -0.345. The zero-order chi connectivity index (χ0) is 6.85. The van der Waals surface area contributed by atoms with Crippen LogP contribution in [0.15, 0.2) is 0 Å². The Bertz CT molecular complexity index is 91.1. The zero-order valence-corrected chi connectivity index (χ0v) is 5.87. The molecule has 1 fully saturated rings. The largest absolute Gasteiger partial charge is 0.392 e. The van der Waals surface area contributed by atoms with Crippen LogP contribution in [0.2, 0.25) is 0 Å². The van der Waals surface area contributed by atoms with Crippen LogP contribution in [-0.4, -0.2) is 42.5 Å². The van der Waals surface area contributed by atoms with E-state index in [0.29, 0.717) is 6.54 Å². The molecule has 1 N–H and O–H groups in total. The van der Waals surface area contributed by atoms with Crippen molar-refractivity contribution in [3.05, 3.63) is 0 Å². The Labute approximate surface area is 55.2 Å². The van der Waals surface area contributed by atoms with Gasteiger partial charge in [-0.25, -0.2) is 0 Å². The van der Waals surface area contributed by atoms with Gasteiger partial charge in [-0.2, -0.15) is 0 Å². The molecule has 1 heterocycles. The highest BCUT2D eigenvalue weighted by Gasteiger charge is 2.27. The molecular weight excluding hydrogens is 118 g/mol. The number of ether oxygens (including phenoxy) is 1. The van der Waals surface area contributed by atoms with Gasteiger partial charge in [-0.05, 0) is 14.0 Å². The normalized spacial score (nSPS) is 28.7. The van der Waals surface area contributed by atoms with E-state index in [4.69, 9.17) is 9.84 Å². The second-order valence-corrected chi connectivity index (χ2v) is 2.58. The highest BCUT2D eigenvalue weighted by atomic mass is 16.6. The van der Waals surface area contributed by atoms with E-state index >= 15 is 0 Å². The van der Waals surface area contributed by atoms with Crippen LogP contribution in [0.5, 0.6) is 0 Å². The van der Waals surface area contributed by atoms with E-state index in [1.807, 2.05) is 11.9 Å². The molecule has 1 rings (SSSR count). The molecule has 2 atom stereocenters. The molecule has 0 aliphatic carbocycles. The maximum absolute atomic E-state index is 8.90. The van der Waals surface area contributed by atoms with E-state index in [1.165, 1.54) is 0 Å². The lowest BCUT2D eigenvalue weighted by Gasteiger charge is -2.14. The summed E-state index contributed by atoms with van der Waals surface area (Å²) in [4.78, 5) is 2.00. The van der Waals surface area contributed by atoms with Gasteiger partial charge >= 0.3 is 0 Å². The molecule has 0 aromatic rings. The van der Waals surface area contributed by atoms with E-state index < -0.39 is 0 Å². The zero-order valence-electron chi connectivity index (χ0n) is 5.87. The molecule has 0 aromatic heterocycles. The summed E-state index contributed by atoms with van der Waals surface area (Å²) in [5.41, 5.74) is 0. The van der Waals surface area contributed by atoms with Crippen LogP contribution in [0.3, 0.4) is 0 Å². The number of hydrogen-bond donors (Lipinski definition) is 1. The van der Waals surface area contributed by atoms with Gasteiger partial charge in [0.15, 0.2) is 0 Å². The average molecular weight is 131 g/mol. The molecule has 0 spiro atoms. The lowest BCUT2D eigenvalue weighted by atomic mass is 10.4. The number of epoxide rings is 1. The van der Waals surface area contributed by atoms with Crippen molar-refractivity contribution in [3.63, 3.8) is 0 Å². The molecule has 1 aliphatic rings. The van der Waals surface area contributed by atoms with Crippen molar-refractivity contribution in [2.75, 3.05) is 20.2 Å². The molecular formula is C6H13NO2. The Kier molecular flexibility index (Phi) is 2.05. The van der Waals surface area contributed by atoms with E-state index in [9.17, 15) is 0 Å². The molecule has 0 amide bonds. The Morgan fingerprint density at radius 2 is 2.44 bits per heavy atom. The summed E-state index contributed by atoms with van der Waals surface area (Å²) in [7, 11) is 1.95. The third-order valence-corrected chi connectivity index (χ3v) is 1.36. The molecule has 1 saturated heterocycles. The van der Waals surface area contributed by atoms with Crippen LogP contribution in [0.1, 0.15) is 6.92 Å². The fraction of sp³-hybridized carbons (Fsp3) is 1.00. The van der Waals surface area contributed by atoms with E-state index in [0.717, 1.165) is 6.61 Å². The molecule has 54 valence electrons. The highest BCUT2D eigenvalue weighted by molar-refractivity contribution is 4.69. The minimum atomic E-state index is -0.251. The molecule has 1 aliphatic heterocycles. The monoisotopic (exact) mass is 131 g/mol. The van der Waals surface area contributed by atoms with E-state index in [2.05, 4.69) is 0 Å². The number of aliphatic hydroxyl groups is 1. The van der Waals surface area contributed by atoms with Crippen LogP contribution in [0.25, 0.3) is 0 Å². The van der Waals surface area contributed by atoms with Gasteiger partial charge in [0.1, 0.15) is 6.23 Å². The number of nitrogens with zero attached hydrogens (tertiary/aromatic N) is 1. The summed E-state index contributed by atoms with van der Waals surface area (Å²) in [6, 6.07) is 0. The summed E-state index contributed by atoms with van der Waals surface area (Å²) < 4.78 is 4.99. The number of aliphatic hydroxyl groups excluding tert-OH is 1. The summed E-state index contributed by atoms with van der Waals surface area (Å²) in [6.45, 7) is 3.30. The fourth-order valence-electron chi connectivity index (χ4n) is 0.832. The Morgan fingerprint density at radius 3 is 2.78 bits per heavy atom. The number of hydrogen-bond acceptors (Lipinski definition) is 3. The van der Waals surface area contributed by atoms with Crippen LogP contribution in [0.4, 0.5) is 0 Å². The highest BCUT2D eigenvalue weighted by Crippen LogP contribution is 2.12. The third-order valence-electron chi connectivity index (χ3n) is 1.36. The standard InChI is InChI=1S/C6H13NO2/c1-5(8)3-7(2)6-4-9-6/h5-6,8H,3-4H2,1-2H3. The maximum Gasteiger partial charge on any atom is 0.134 e. The first kappa shape index (κ1) is 6.99. The molecule has 0 radical (unpaired) electrons. The van der Waals surface area contributed by atoms with Crippen molar-refractivity contribution in [2.45, 2.75) is 19.3 Å². The second-order valence-electron chi connectivity index (χ2n) is 2.58. The molecule has 3 heteroatoms. The SMILES string of the molecule is CC(O)CN(C)C1CO1. The molecule has 2 unspecified atom stereocenters. The molecule has 9 heavy (non-hydrogen) atoms. The first-order valence-electron chi connectivity index (χ1n) is 3.20. The van der Waals surface area contributed by atoms with Gasteiger partial charge in [0, 0.05) is 6.54 Å². The maximum atomic E-state index is 8.90. The van der Waals surface area contributed by atoms with E-state index in [1.54, 1.807) is 6.92 Å². The van der Waals surface area contributed by atoms with Crippen LogP contribution in [-0.2, 0) is 4.74 Å². The quantitative estimate of drug-likeness (QED) is 0.532. The van der Waals surface area contributed by atoms with Gasteiger partial charge in [-0.1, -0.05) is 0 Å². The van der Waals surface area contributed by atoms with Gasteiger partial charge in [0.25, 0.3) is 0 Å². The number of rotatable bonds is 3. The Hall–Kier alpha value is -0.120. The summed E-state index contributed by atoms with van der Waals surface area (Å²) in [6.07, 6.45) is 0.0267. The van der Waals surface area contributed by atoms with Crippen LogP contribution >= 0.6 is 0 Å². The first-order chi connectivity index (χ1) is 4.20. The fourth-order valence-corrected chi connectivity index (χ4v) is 0.832. The summed E-state index contributed by atoms with van der Waals surface area (Å²) >= 11 is 0. The molecule has 0 saturated carbocycles. The van der Waals surface area contributed by atoms with Crippen molar-refractivity contribution >= 4 is 0 Å². The van der Waals surface area contributed by atoms with Crippen molar-refractivity contribution in [1.82, 2.24) is 4.90 Å². The first-order valence-corrected chi connectivity index (χ1v) is 3.20. The molecule has 0 bridgehead atoms. The molecule has 3 nitrogen and oxygen atoms in total. The molecule has 0 aromatic carbocycles. The average Bonchev–Trinajstić information content (AvgIpc) is 2.40. The summed E-state index contributed by atoms with van der Waals surface area (Å²) in [5.74, 6) is 0.